The molecule has 1 aromatic rings. The number of aryl methyl sites for hydroxylation is 1. The monoisotopic (exact) mass is 206 g/mol. The second kappa shape index (κ2) is 3.27. The van der Waals surface area contributed by atoms with Crippen molar-refractivity contribution in [1.82, 2.24) is 9.97 Å². The van der Waals surface area contributed by atoms with Gasteiger partial charge in [-0.2, -0.15) is 0 Å². The lowest BCUT2D eigenvalue weighted by atomic mass is 10.1. The number of aliphatic hydroxyl groups is 1. The Hall–Kier alpha value is -0.960. The first-order chi connectivity index (χ1) is 6.92. The SMILES string of the molecule is Cc1nc(C2CC2(C)C)ncc1C(C)O. The van der Waals surface area contributed by atoms with Crippen LogP contribution in [0, 0.1) is 12.3 Å². The summed E-state index contributed by atoms with van der Waals surface area (Å²) in [4.78, 5) is 8.83. The average Bonchev–Trinajstić information content (AvgIpc) is 2.74. The van der Waals surface area contributed by atoms with E-state index in [0.717, 1.165) is 17.1 Å². The van der Waals surface area contributed by atoms with Crippen LogP contribution in [0.4, 0.5) is 0 Å². The molecule has 0 saturated heterocycles. The normalized spacial score (nSPS) is 25.0. The molecule has 2 rings (SSSR count). The molecule has 0 amide bonds. The summed E-state index contributed by atoms with van der Waals surface area (Å²) in [6, 6.07) is 0. The quantitative estimate of drug-likeness (QED) is 0.808. The van der Waals surface area contributed by atoms with E-state index in [4.69, 9.17) is 0 Å². The van der Waals surface area contributed by atoms with Crippen LogP contribution in [0.25, 0.3) is 0 Å². The molecular weight excluding hydrogens is 188 g/mol. The third kappa shape index (κ3) is 1.88. The molecule has 0 spiro atoms. The van der Waals surface area contributed by atoms with E-state index in [1.54, 1.807) is 13.1 Å². The molecule has 1 aliphatic carbocycles. The second-order valence-corrected chi connectivity index (χ2v) is 5.19. The molecule has 1 aliphatic rings. The Morgan fingerprint density at radius 2 is 2.13 bits per heavy atom. The van der Waals surface area contributed by atoms with Gasteiger partial charge in [-0.05, 0) is 25.7 Å². The van der Waals surface area contributed by atoms with Crippen LogP contribution in [0.2, 0.25) is 0 Å². The molecule has 2 unspecified atom stereocenters. The minimum absolute atomic E-state index is 0.360. The first kappa shape index (κ1) is 10.6. The third-order valence-corrected chi connectivity index (χ3v) is 3.31. The molecule has 1 heterocycles. The van der Waals surface area contributed by atoms with Crippen molar-refractivity contribution in [2.24, 2.45) is 5.41 Å². The van der Waals surface area contributed by atoms with Gasteiger partial charge in [0.15, 0.2) is 0 Å². The lowest BCUT2D eigenvalue weighted by molar-refractivity contribution is 0.197. The Kier molecular flexibility index (Phi) is 2.30. The number of hydrogen-bond acceptors (Lipinski definition) is 3. The minimum Gasteiger partial charge on any atom is -0.389 e. The lowest BCUT2D eigenvalue weighted by Gasteiger charge is -2.09. The third-order valence-electron chi connectivity index (χ3n) is 3.31. The number of hydrogen-bond donors (Lipinski definition) is 1. The summed E-state index contributed by atoms with van der Waals surface area (Å²) >= 11 is 0. The van der Waals surface area contributed by atoms with Crippen molar-refractivity contribution in [2.75, 3.05) is 0 Å². The van der Waals surface area contributed by atoms with Gasteiger partial charge >= 0.3 is 0 Å². The second-order valence-electron chi connectivity index (χ2n) is 5.19. The van der Waals surface area contributed by atoms with E-state index in [1.807, 2.05) is 6.92 Å². The van der Waals surface area contributed by atoms with Crippen LogP contribution in [0.15, 0.2) is 6.20 Å². The van der Waals surface area contributed by atoms with E-state index in [-0.39, 0.29) is 0 Å². The maximum Gasteiger partial charge on any atom is 0.132 e. The van der Waals surface area contributed by atoms with Crippen LogP contribution in [0.1, 0.15) is 56.3 Å². The van der Waals surface area contributed by atoms with Crippen LogP contribution in [0.3, 0.4) is 0 Å². The van der Waals surface area contributed by atoms with E-state index >= 15 is 0 Å². The predicted molar refractivity (Wildman–Crippen MR) is 58.5 cm³/mol. The number of nitrogens with zero attached hydrogens (tertiary/aromatic N) is 2. The van der Waals surface area contributed by atoms with Crippen molar-refractivity contribution in [3.63, 3.8) is 0 Å². The summed E-state index contributed by atoms with van der Waals surface area (Å²) < 4.78 is 0. The summed E-state index contributed by atoms with van der Waals surface area (Å²) in [7, 11) is 0. The molecule has 3 heteroatoms. The van der Waals surface area contributed by atoms with Crippen molar-refractivity contribution in [2.45, 2.75) is 46.1 Å². The minimum atomic E-state index is -0.480. The smallest absolute Gasteiger partial charge is 0.132 e. The summed E-state index contributed by atoms with van der Waals surface area (Å²) in [6.07, 6.45) is 2.45. The van der Waals surface area contributed by atoms with Gasteiger partial charge < -0.3 is 5.11 Å². The highest BCUT2D eigenvalue weighted by atomic mass is 16.3. The fraction of sp³-hybridized carbons (Fsp3) is 0.667. The van der Waals surface area contributed by atoms with Gasteiger partial charge in [0, 0.05) is 23.4 Å². The van der Waals surface area contributed by atoms with E-state index < -0.39 is 6.10 Å². The van der Waals surface area contributed by atoms with Gasteiger partial charge in [-0.25, -0.2) is 9.97 Å². The molecule has 3 nitrogen and oxygen atoms in total. The molecule has 15 heavy (non-hydrogen) atoms. The zero-order valence-corrected chi connectivity index (χ0v) is 9.78. The van der Waals surface area contributed by atoms with Crippen molar-refractivity contribution < 1.29 is 5.11 Å². The Bertz CT molecular complexity index is 385. The van der Waals surface area contributed by atoms with E-state index in [1.165, 1.54) is 6.42 Å². The van der Waals surface area contributed by atoms with Crippen molar-refractivity contribution >= 4 is 0 Å². The zero-order valence-electron chi connectivity index (χ0n) is 9.78. The molecule has 1 N–H and O–H groups in total. The molecule has 0 bridgehead atoms. The highest BCUT2D eigenvalue weighted by Crippen LogP contribution is 2.57. The Morgan fingerprint density at radius 1 is 1.53 bits per heavy atom. The van der Waals surface area contributed by atoms with Crippen LogP contribution < -0.4 is 0 Å². The molecule has 2 atom stereocenters. The molecule has 0 aromatic carbocycles. The summed E-state index contributed by atoms with van der Waals surface area (Å²) in [5.74, 6) is 1.43. The van der Waals surface area contributed by atoms with Gasteiger partial charge in [0.05, 0.1) is 6.10 Å². The van der Waals surface area contributed by atoms with Crippen molar-refractivity contribution in [3.05, 3.63) is 23.3 Å². The molecule has 82 valence electrons. The molecular formula is C12H18N2O. The standard InChI is InChI=1S/C12H18N2O/c1-7-9(8(2)15)6-13-11(14-7)10-5-12(10,3)4/h6,8,10,15H,5H2,1-4H3. The van der Waals surface area contributed by atoms with Gasteiger partial charge in [0.2, 0.25) is 0 Å². The number of rotatable bonds is 2. The number of aliphatic hydroxyl groups excluding tert-OH is 1. The average molecular weight is 206 g/mol. The molecule has 0 aliphatic heterocycles. The highest BCUT2D eigenvalue weighted by molar-refractivity contribution is 5.23. The van der Waals surface area contributed by atoms with Gasteiger partial charge in [0.25, 0.3) is 0 Å². The van der Waals surface area contributed by atoms with E-state index in [9.17, 15) is 5.11 Å². The van der Waals surface area contributed by atoms with Gasteiger partial charge in [-0.1, -0.05) is 13.8 Å². The largest absolute Gasteiger partial charge is 0.389 e. The Balaban J connectivity index is 2.27. The Morgan fingerprint density at radius 3 is 2.53 bits per heavy atom. The zero-order chi connectivity index (χ0) is 11.2. The van der Waals surface area contributed by atoms with Crippen LogP contribution >= 0.6 is 0 Å². The van der Waals surface area contributed by atoms with Crippen molar-refractivity contribution in [3.8, 4) is 0 Å². The van der Waals surface area contributed by atoms with Crippen molar-refractivity contribution in [1.29, 1.82) is 0 Å². The van der Waals surface area contributed by atoms with Crippen LogP contribution in [-0.2, 0) is 0 Å². The van der Waals surface area contributed by atoms with E-state index in [0.29, 0.717) is 11.3 Å². The molecule has 0 radical (unpaired) electrons. The van der Waals surface area contributed by atoms with E-state index in [2.05, 4.69) is 23.8 Å². The van der Waals surface area contributed by atoms with Crippen LogP contribution in [-0.4, -0.2) is 15.1 Å². The molecule has 1 saturated carbocycles. The van der Waals surface area contributed by atoms with Gasteiger partial charge in [0.1, 0.15) is 5.82 Å². The fourth-order valence-electron chi connectivity index (χ4n) is 1.98. The highest BCUT2D eigenvalue weighted by Gasteiger charge is 2.48. The predicted octanol–water partition coefficient (Wildman–Crippen LogP) is 2.35. The number of aromatic nitrogens is 2. The topological polar surface area (TPSA) is 46.0 Å². The van der Waals surface area contributed by atoms with Gasteiger partial charge in [-0.3, -0.25) is 0 Å². The first-order valence-electron chi connectivity index (χ1n) is 5.43. The van der Waals surface area contributed by atoms with Crippen LogP contribution in [0.5, 0.6) is 0 Å². The van der Waals surface area contributed by atoms with Gasteiger partial charge in [-0.15, -0.1) is 0 Å². The summed E-state index contributed by atoms with van der Waals surface area (Å²) in [5.41, 5.74) is 2.09. The maximum absolute atomic E-state index is 9.47. The summed E-state index contributed by atoms with van der Waals surface area (Å²) in [6.45, 7) is 8.15. The molecule has 1 fully saturated rings. The summed E-state index contributed by atoms with van der Waals surface area (Å²) in [5, 5.41) is 9.47. The first-order valence-corrected chi connectivity index (χ1v) is 5.43. The molecule has 1 aromatic heterocycles. The Labute approximate surface area is 90.6 Å². The lowest BCUT2D eigenvalue weighted by Crippen LogP contribution is -2.04. The fourth-order valence-corrected chi connectivity index (χ4v) is 1.98. The maximum atomic E-state index is 9.47.